The van der Waals surface area contributed by atoms with Gasteiger partial charge in [-0.3, -0.25) is 14.2 Å². The molecule has 9 nitrogen and oxygen atoms in total. The van der Waals surface area contributed by atoms with E-state index in [4.69, 9.17) is 18.5 Å². The second-order valence-electron chi connectivity index (χ2n) is 27.3. The monoisotopic (exact) mass is 1330 g/mol. The molecule has 0 aromatic rings. The Balaban J connectivity index is 4.03. The normalized spacial score (nSPS) is 13.7. The second-order valence-corrected chi connectivity index (χ2v) is 28.8. The molecule has 0 aromatic heterocycles. The zero-order valence-corrected chi connectivity index (χ0v) is 62.8. The van der Waals surface area contributed by atoms with E-state index in [1.165, 1.54) is 212 Å². The Morgan fingerprint density at radius 2 is 0.606 bits per heavy atom. The number of hydrogen-bond donors (Lipinski definition) is 0. The second kappa shape index (κ2) is 73.7. The number of hydrogen-bond acceptors (Lipinski definition) is 8. The van der Waals surface area contributed by atoms with Crippen molar-refractivity contribution in [2.24, 2.45) is 0 Å². The van der Waals surface area contributed by atoms with Gasteiger partial charge in [-0.1, -0.05) is 347 Å². The number of quaternary nitrogens is 1. The van der Waals surface area contributed by atoms with Gasteiger partial charge in [-0.15, -0.1) is 0 Å². The van der Waals surface area contributed by atoms with Gasteiger partial charge in [0.05, 0.1) is 27.7 Å². The number of esters is 2. The Morgan fingerprint density at radius 3 is 0.915 bits per heavy atom. The summed E-state index contributed by atoms with van der Waals surface area (Å²) in [5.41, 5.74) is 0. The summed E-state index contributed by atoms with van der Waals surface area (Å²) < 4.78 is 34.4. The SMILES string of the molecule is CC/C=C\C/C=C\C/C=C\C/C=C\C/C=C\C/C=C\C/C=C\C/C=C\C/C=C\CCCCCCCCCC(=O)OC(COC(=O)CCCCCCCCCCCCCCCCCCCCCCCCC/C=C\CCCCCCCCCC)COP(=O)([O-])OCC[N+](C)(C)C. The highest BCUT2D eigenvalue weighted by atomic mass is 31.2. The Morgan fingerprint density at radius 1 is 0.340 bits per heavy atom. The van der Waals surface area contributed by atoms with Crippen molar-refractivity contribution >= 4 is 19.8 Å². The van der Waals surface area contributed by atoms with Gasteiger partial charge in [0.1, 0.15) is 19.8 Å². The molecule has 0 aliphatic rings. The van der Waals surface area contributed by atoms with E-state index in [0.717, 1.165) is 103 Å². The first kappa shape index (κ1) is 90.4. The summed E-state index contributed by atoms with van der Waals surface area (Å²) in [5.74, 6) is -0.839. The number of likely N-dealkylation sites (N-methyl/N-ethyl adjacent to an activating group) is 1. The summed E-state index contributed by atoms with van der Waals surface area (Å²) in [4.78, 5) is 38.2. The molecule has 10 heteroatoms. The first-order valence-corrected chi connectivity index (χ1v) is 40.7. The highest BCUT2D eigenvalue weighted by Crippen LogP contribution is 2.38. The average molecular weight is 1330 g/mol. The molecule has 0 rings (SSSR count). The minimum absolute atomic E-state index is 0.0374. The first-order chi connectivity index (χ1) is 46.0. The molecule has 0 spiro atoms. The lowest BCUT2D eigenvalue weighted by Gasteiger charge is -2.28. The van der Waals surface area contributed by atoms with Crippen LogP contribution < -0.4 is 4.89 Å². The average Bonchev–Trinajstić information content (AvgIpc) is 1.68. The summed E-state index contributed by atoms with van der Waals surface area (Å²) in [5, 5.41) is 0. The van der Waals surface area contributed by atoms with Crippen molar-refractivity contribution in [1.29, 1.82) is 0 Å². The quantitative estimate of drug-likeness (QED) is 0.0195. The standard InChI is InChI=1S/C84H148NO8P/c1-6-8-10-12-14-16-18-20-22-24-26-28-30-32-34-36-38-40-42-44-46-48-50-52-54-56-58-60-62-64-66-68-70-72-74-76-83(86)90-80-82(81-92-94(88,89)91-79-78-85(3,4)5)93-84(87)77-75-73-71-69-67-65-63-61-59-57-55-53-51-49-47-45-43-41-39-37-35-33-31-29-27-25-23-21-19-17-15-13-11-9-7-2/h9,11,15,17,21,23-24,26-27,29,33,35,39,41,45,47,51,53,57,59,82H,6-8,10,12-14,16,18-20,22,25,28,30-32,34,36-38,40,42-44,46,48-50,52,54-56,58,60-81H2,1-5H3/b11-9-,17-15-,23-21-,26-24-,29-27-,35-33-,41-39-,47-45-,53-51-,59-57-. The number of nitrogens with zero attached hydrogens (tertiary/aromatic N) is 1. The van der Waals surface area contributed by atoms with E-state index < -0.39 is 26.5 Å². The molecule has 0 fully saturated rings. The van der Waals surface area contributed by atoms with Crippen LogP contribution in [0.25, 0.3) is 0 Å². The molecule has 0 radical (unpaired) electrons. The number of phosphoric ester groups is 1. The predicted octanol–water partition coefficient (Wildman–Crippen LogP) is 25.5. The largest absolute Gasteiger partial charge is 0.756 e. The number of rotatable bonds is 72. The lowest BCUT2D eigenvalue weighted by Crippen LogP contribution is -2.37. The third-order valence-corrected chi connectivity index (χ3v) is 17.9. The molecule has 0 aromatic carbocycles. The summed E-state index contributed by atoms with van der Waals surface area (Å²) in [6, 6.07) is 0. The van der Waals surface area contributed by atoms with Gasteiger partial charge in [0.25, 0.3) is 7.82 Å². The van der Waals surface area contributed by atoms with Gasteiger partial charge in [-0.25, -0.2) is 0 Å². The van der Waals surface area contributed by atoms with Crippen LogP contribution in [0.15, 0.2) is 122 Å². The molecule has 94 heavy (non-hydrogen) atoms. The van der Waals surface area contributed by atoms with Gasteiger partial charge in [-0.2, -0.15) is 0 Å². The van der Waals surface area contributed by atoms with Gasteiger partial charge in [0, 0.05) is 12.8 Å². The van der Waals surface area contributed by atoms with Crippen LogP contribution in [-0.4, -0.2) is 70.0 Å². The van der Waals surface area contributed by atoms with Crippen LogP contribution in [-0.2, 0) is 32.7 Å². The van der Waals surface area contributed by atoms with Crippen LogP contribution in [0.5, 0.6) is 0 Å². The Labute approximate surface area is 581 Å². The zero-order valence-electron chi connectivity index (χ0n) is 61.9. The van der Waals surface area contributed by atoms with E-state index in [-0.39, 0.29) is 32.0 Å². The van der Waals surface area contributed by atoms with Crippen molar-refractivity contribution in [2.45, 2.75) is 354 Å². The Hall–Kier alpha value is -3.59. The van der Waals surface area contributed by atoms with Crippen LogP contribution in [0.4, 0.5) is 0 Å². The molecule has 0 N–H and O–H groups in total. The first-order valence-electron chi connectivity index (χ1n) is 39.2. The van der Waals surface area contributed by atoms with Gasteiger partial charge < -0.3 is 27.9 Å². The summed E-state index contributed by atoms with van der Waals surface area (Å²) in [6.45, 7) is 4.14. The van der Waals surface area contributed by atoms with Crippen molar-refractivity contribution in [3.63, 3.8) is 0 Å². The topological polar surface area (TPSA) is 111 Å². The van der Waals surface area contributed by atoms with Gasteiger partial charge >= 0.3 is 11.9 Å². The Bertz CT molecular complexity index is 2010. The summed E-state index contributed by atoms with van der Waals surface area (Å²) in [7, 11) is 1.16. The number of carbonyl (C=O) groups excluding carboxylic acids is 2. The lowest BCUT2D eigenvalue weighted by atomic mass is 10.0. The summed E-state index contributed by atoms with van der Waals surface area (Å²) in [6.07, 6.45) is 106. The fraction of sp³-hybridized carbons (Fsp3) is 0.738. The van der Waals surface area contributed by atoms with Crippen molar-refractivity contribution in [1.82, 2.24) is 0 Å². The minimum atomic E-state index is -4.66. The van der Waals surface area contributed by atoms with E-state index in [1.54, 1.807) is 0 Å². The third kappa shape index (κ3) is 77.4. The molecule has 0 amide bonds. The van der Waals surface area contributed by atoms with Crippen LogP contribution in [0.1, 0.15) is 348 Å². The molecule has 0 aliphatic carbocycles. The molecule has 0 saturated carbocycles. The fourth-order valence-electron chi connectivity index (χ4n) is 11.0. The Kier molecular flexibility index (Phi) is 70.8. The lowest BCUT2D eigenvalue weighted by molar-refractivity contribution is -0.870. The number of unbranched alkanes of at least 4 members (excludes halogenated alkanes) is 38. The highest BCUT2D eigenvalue weighted by molar-refractivity contribution is 7.45. The van der Waals surface area contributed by atoms with Crippen molar-refractivity contribution in [3.05, 3.63) is 122 Å². The summed E-state index contributed by atoms with van der Waals surface area (Å²) >= 11 is 0. The fourth-order valence-corrected chi connectivity index (χ4v) is 11.7. The van der Waals surface area contributed by atoms with Crippen LogP contribution in [0, 0.1) is 0 Å². The number of allylic oxidation sites excluding steroid dienone is 20. The highest BCUT2D eigenvalue weighted by Gasteiger charge is 2.22. The van der Waals surface area contributed by atoms with Gasteiger partial charge in [-0.05, 0) is 109 Å². The molecule has 542 valence electrons. The molecule has 0 bridgehead atoms. The maximum absolute atomic E-state index is 12.9. The molecular formula is C84H148NO8P. The third-order valence-electron chi connectivity index (χ3n) is 17.0. The van der Waals surface area contributed by atoms with Crippen molar-refractivity contribution < 1.29 is 42.1 Å². The zero-order chi connectivity index (χ0) is 68.3. The van der Waals surface area contributed by atoms with E-state index in [9.17, 15) is 19.0 Å². The van der Waals surface area contributed by atoms with Crippen LogP contribution >= 0.6 is 7.82 Å². The van der Waals surface area contributed by atoms with Gasteiger partial charge in [0.2, 0.25) is 0 Å². The van der Waals surface area contributed by atoms with Crippen LogP contribution in [0.2, 0.25) is 0 Å². The van der Waals surface area contributed by atoms with E-state index >= 15 is 0 Å². The smallest absolute Gasteiger partial charge is 0.306 e. The maximum Gasteiger partial charge on any atom is 0.306 e. The number of phosphoric acid groups is 1. The van der Waals surface area contributed by atoms with E-state index in [0.29, 0.717) is 17.4 Å². The van der Waals surface area contributed by atoms with Crippen molar-refractivity contribution in [2.75, 3.05) is 47.5 Å². The van der Waals surface area contributed by atoms with Crippen LogP contribution in [0.3, 0.4) is 0 Å². The number of ether oxygens (including phenoxy) is 2. The van der Waals surface area contributed by atoms with Crippen molar-refractivity contribution in [3.8, 4) is 0 Å². The van der Waals surface area contributed by atoms with E-state index in [1.807, 2.05) is 21.1 Å². The number of carbonyl (C=O) groups is 2. The minimum Gasteiger partial charge on any atom is -0.756 e. The molecule has 0 heterocycles. The molecule has 0 aliphatic heterocycles. The predicted molar refractivity (Wildman–Crippen MR) is 406 cm³/mol. The molecular weight excluding hydrogens is 1180 g/mol. The molecule has 0 saturated heterocycles. The molecule has 2 unspecified atom stereocenters. The molecule has 2 atom stereocenters. The maximum atomic E-state index is 12.9. The van der Waals surface area contributed by atoms with Gasteiger partial charge in [0.15, 0.2) is 6.10 Å². The van der Waals surface area contributed by atoms with E-state index in [2.05, 4.69) is 135 Å².